The topological polar surface area (TPSA) is 92.3 Å². The summed E-state index contributed by atoms with van der Waals surface area (Å²) >= 11 is 0. The van der Waals surface area contributed by atoms with E-state index in [1.54, 1.807) is 0 Å². The third-order valence-electron chi connectivity index (χ3n) is 3.78. The van der Waals surface area contributed by atoms with Gasteiger partial charge in [-0.1, -0.05) is 6.08 Å². The fourth-order valence-corrected chi connectivity index (χ4v) is 3.10. The molecule has 0 aromatic rings. The number of ether oxygens (including phenoxy) is 1. The Morgan fingerprint density at radius 1 is 1.63 bits per heavy atom. The molecule has 0 saturated heterocycles. The average molecular weight is 263 g/mol. The number of hydrogen-bond acceptors (Lipinski definition) is 6. The number of amides is 1. The summed E-state index contributed by atoms with van der Waals surface area (Å²) in [6, 6.07) is -0.314. The molecular weight excluding hydrogens is 246 g/mol. The van der Waals surface area contributed by atoms with Crippen LogP contribution in [0.3, 0.4) is 0 Å². The van der Waals surface area contributed by atoms with E-state index in [2.05, 4.69) is 32.4 Å². The molecule has 0 fully saturated rings. The zero-order valence-corrected chi connectivity index (χ0v) is 11.0. The monoisotopic (exact) mass is 263 g/mol. The van der Waals surface area contributed by atoms with Gasteiger partial charge in [0.05, 0.1) is 11.7 Å². The molecule has 0 aromatic carbocycles. The minimum Gasteiger partial charge on any atom is -0.447 e. The maximum Gasteiger partial charge on any atom is 0.404 e. The van der Waals surface area contributed by atoms with E-state index in [4.69, 9.17) is 10.5 Å². The van der Waals surface area contributed by atoms with Crippen molar-refractivity contribution in [1.29, 1.82) is 0 Å². The molecule has 3 aliphatic rings. The van der Waals surface area contributed by atoms with Crippen LogP contribution in [0.2, 0.25) is 0 Å². The highest BCUT2D eigenvalue weighted by atomic mass is 16.5. The van der Waals surface area contributed by atoms with Crippen LogP contribution in [0, 0.1) is 0 Å². The Bertz CT molecular complexity index is 512. The van der Waals surface area contributed by atoms with E-state index < -0.39 is 6.09 Å². The lowest BCUT2D eigenvalue weighted by Crippen LogP contribution is -2.66. The van der Waals surface area contributed by atoms with E-state index in [0.717, 1.165) is 18.2 Å². The second-order valence-corrected chi connectivity index (χ2v) is 5.00. The molecule has 3 unspecified atom stereocenters. The van der Waals surface area contributed by atoms with Gasteiger partial charge in [0.1, 0.15) is 18.7 Å². The Hall–Kier alpha value is -2.05. The lowest BCUT2D eigenvalue weighted by Gasteiger charge is -2.45. The smallest absolute Gasteiger partial charge is 0.404 e. The third kappa shape index (κ3) is 1.68. The number of nitrogens with zero attached hydrogens (tertiary/aromatic N) is 3. The molecule has 0 aliphatic carbocycles. The van der Waals surface area contributed by atoms with Crippen molar-refractivity contribution < 1.29 is 9.53 Å². The Balaban J connectivity index is 1.93. The number of primary amides is 1. The van der Waals surface area contributed by atoms with Crippen LogP contribution in [0.15, 0.2) is 22.1 Å². The van der Waals surface area contributed by atoms with E-state index in [-0.39, 0.29) is 24.4 Å². The molecule has 7 heteroatoms. The van der Waals surface area contributed by atoms with Crippen LogP contribution >= 0.6 is 0 Å². The Morgan fingerprint density at radius 2 is 2.42 bits per heavy atom. The highest BCUT2D eigenvalue weighted by Crippen LogP contribution is 2.36. The summed E-state index contributed by atoms with van der Waals surface area (Å²) in [5, 5.41) is 3.42. The van der Waals surface area contributed by atoms with Gasteiger partial charge in [-0.25, -0.2) is 4.79 Å². The number of carbonyl (C=O) groups is 1. The Morgan fingerprint density at radius 3 is 3.16 bits per heavy atom. The maximum absolute atomic E-state index is 10.8. The first-order valence-corrected chi connectivity index (χ1v) is 6.27. The highest BCUT2D eigenvalue weighted by Gasteiger charge is 2.54. The van der Waals surface area contributed by atoms with Gasteiger partial charge < -0.3 is 20.7 Å². The molecule has 102 valence electrons. The Labute approximate surface area is 111 Å². The van der Waals surface area contributed by atoms with Gasteiger partial charge in [0.15, 0.2) is 5.66 Å². The molecule has 7 nitrogen and oxygen atoms in total. The van der Waals surface area contributed by atoms with Crippen LogP contribution in [0.25, 0.3) is 0 Å². The zero-order chi connectivity index (χ0) is 13.6. The molecule has 19 heavy (non-hydrogen) atoms. The number of hydrogen-bond donors (Lipinski definition) is 2. The minimum absolute atomic E-state index is 0.103. The molecular formula is C12H17N5O2. The van der Waals surface area contributed by atoms with Gasteiger partial charge in [0, 0.05) is 6.54 Å². The van der Waals surface area contributed by atoms with Crippen molar-refractivity contribution in [2.75, 3.05) is 13.2 Å². The predicted octanol–water partition coefficient (Wildman–Crippen LogP) is -0.159. The summed E-state index contributed by atoms with van der Waals surface area (Å²) in [4.78, 5) is 22.2. The van der Waals surface area contributed by atoms with Gasteiger partial charge in [-0.2, -0.15) is 0 Å². The van der Waals surface area contributed by atoms with Gasteiger partial charge in [0.2, 0.25) is 0 Å². The summed E-state index contributed by atoms with van der Waals surface area (Å²) in [5.41, 5.74) is 4.67. The molecule has 0 radical (unpaired) electrons. The van der Waals surface area contributed by atoms with E-state index in [1.165, 1.54) is 0 Å². The third-order valence-corrected chi connectivity index (χ3v) is 3.78. The second kappa shape index (κ2) is 3.97. The Kier molecular flexibility index (Phi) is 2.51. The summed E-state index contributed by atoms with van der Waals surface area (Å²) in [6.45, 7) is 4.85. The number of rotatable bonds is 2. The predicted molar refractivity (Wildman–Crippen MR) is 71.0 cm³/mol. The average Bonchev–Trinajstić information content (AvgIpc) is 2.89. The molecule has 0 bridgehead atoms. The highest BCUT2D eigenvalue weighted by molar-refractivity contribution is 5.89. The summed E-state index contributed by atoms with van der Waals surface area (Å²) in [5.74, 6) is 1.78. The molecule has 0 aromatic heterocycles. The van der Waals surface area contributed by atoms with Crippen molar-refractivity contribution in [3.8, 4) is 0 Å². The summed E-state index contributed by atoms with van der Waals surface area (Å²) in [6.07, 6.45) is 3.44. The fourth-order valence-electron chi connectivity index (χ4n) is 3.10. The first-order chi connectivity index (χ1) is 9.03. The number of amidine groups is 2. The van der Waals surface area contributed by atoms with Crippen molar-refractivity contribution in [3.63, 3.8) is 0 Å². The first kappa shape index (κ1) is 12.0. The number of nitrogens with one attached hydrogen (secondary N) is 1. The molecule has 0 saturated carbocycles. The second-order valence-electron chi connectivity index (χ2n) is 5.00. The quantitative estimate of drug-likeness (QED) is 0.677. The van der Waals surface area contributed by atoms with E-state index in [0.29, 0.717) is 0 Å². The first-order valence-electron chi connectivity index (χ1n) is 6.27. The van der Waals surface area contributed by atoms with Gasteiger partial charge in [-0.05, 0) is 19.9 Å². The van der Waals surface area contributed by atoms with Crippen molar-refractivity contribution in [3.05, 3.63) is 12.2 Å². The molecule has 3 atom stereocenters. The van der Waals surface area contributed by atoms with Crippen LogP contribution in [-0.2, 0) is 4.74 Å². The molecule has 3 rings (SSSR count). The molecule has 1 amide bonds. The van der Waals surface area contributed by atoms with Gasteiger partial charge in [-0.15, -0.1) is 0 Å². The van der Waals surface area contributed by atoms with Crippen LogP contribution in [0.4, 0.5) is 4.79 Å². The van der Waals surface area contributed by atoms with Crippen molar-refractivity contribution in [2.45, 2.75) is 31.6 Å². The molecule has 3 aliphatic heterocycles. The fraction of sp³-hybridized carbons (Fsp3) is 0.583. The number of aliphatic imine (C=N–C) groups is 2. The number of nitrogens with two attached hydrogens (primary N) is 1. The minimum atomic E-state index is -0.780. The molecule has 3 heterocycles. The largest absolute Gasteiger partial charge is 0.447 e. The number of carbonyl (C=O) groups excluding carboxylic acids is 1. The SMILES string of the molecule is CC1=NC2C(COC(N)=O)N=C(C)N3CC=CC23N1. The van der Waals surface area contributed by atoms with Gasteiger partial charge in [0.25, 0.3) is 0 Å². The van der Waals surface area contributed by atoms with E-state index >= 15 is 0 Å². The zero-order valence-electron chi connectivity index (χ0n) is 11.0. The maximum atomic E-state index is 10.8. The molecule has 1 spiro atoms. The summed E-state index contributed by atoms with van der Waals surface area (Å²) in [7, 11) is 0. The van der Waals surface area contributed by atoms with Gasteiger partial charge in [-0.3, -0.25) is 9.98 Å². The van der Waals surface area contributed by atoms with Crippen LogP contribution in [-0.4, -0.2) is 53.6 Å². The molecule has 3 N–H and O–H groups in total. The normalized spacial score (nSPS) is 35.2. The van der Waals surface area contributed by atoms with E-state index in [9.17, 15) is 4.79 Å². The van der Waals surface area contributed by atoms with Crippen molar-refractivity contribution in [1.82, 2.24) is 10.2 Å². The summed E-state index contributed by atoms with van der Waals surface area (Å²) < 4.78 is 4.91. The standard InChI is InChI=1S/C12H17N5O2/c1-7-14-10-9(6-19-11(13)18)15-8(2)17-5-3-4-12(10,17)16-7/h3-4,9-10H,5-6H2,1-2H3,(H2,13,18)(H,14,16). The lowest BCUT2D eigenvalue weighted by molar-refractivity contribution is 0.118. The van der Waals surface area contributed by atoms with Crippen LogP contribution in [0.1, 0.15) is 13.8 Å². The lowest BCUT2D eigenvalue weighted by atomic mass is 9.93. The van der Waals surface area contributed by atoms with Crippen LogP contribution < -0.4 is 11.1 Å². The van der Waals surface area contributed by atoms with Gasteiger partial charge >= 0.3 is 6.09 Å². The van der Waals surface area contributed by atoms with Crippen molar-refractivity contribution >= 4 is 17.8 Å². The van der Waals surface area contributed by atoms with E-state index in [1.807, 2.05) is 13.8 Å². The van der Waals surface area contributed by atoms with Crippen molar-refractivity contribution in [2.24, 2.45) is 15.7 Å². The van der Waals surface area contributed by atoms with Crippen LogP contribution in [0.5, 0.6) is 0 Å².